The van der Waals surface area contributed by atoms with Gasteiger partial charge in [0.1, 0.15) is 5.82 Å². The van der Waals surface area contributed by atoms with Crippen LogP contribution in [0.1, 0.15) is 18.9 Å². The minimum Gasteiger partial charge on any atom is -0.423 e. The predicted octanol–water partition coefficient (Wildman–Crippen LogP) is 0.0315. The third-order valence-electron chi connectivity index (χ3n) is 4.08. The van der Waals surface area contributed by atoms with Crippen LogP contribution < -0.4 is 5.46 Å². The largest absolute Gasteiger partial charge is 0.491 e. The van der Waals surface area contributed by atoms with E-state index in [1.165, 1.54) is 6.07 Å². The van der Waals surface area contributed by atoms with Crippen LogP contribution in [-0.2, 0) is 6.54 Å². The lowest BCUT2D eigenvalue weighted by molar-refractivity contribution is 0.0884. The Bertz CT molecular complexity index is 459. The van der Waals surface area contributed by atoms with Crippen molar-refractivity contribution in [1.82, 2.24) is 9.80 Å². The smallest absolute Gasteiger partial charge is 0.423 e. The van der Waals surface area contributed by atoms with Crippen molar-refractivity contribution in [2.75, 3.05) is 26.7 Å². The first kappa shape index (κ1) is 15.4. The van der Waals surface area contributed by atoms with Crippen LogP contribution in [0.15, 0.2) is 18.2 Å². The van der Waals surface area contributed by atoms with Gasteiger partial charge in [0.2, 0.25) is 0 Å². The molecule has 1 aromatic rings. The zero-order valence-electron chi connectivity index (χ0n) is 12.1. The molecule has 0 saturated carbocycles. The van der Waals surface area contributed by atoms with Crippen LogP contribution in [0.4, 0.5) is 4.39 Å². The van der Waals surface area contributed by atoms with Crippen LogP contribution in [0.3, 0.4) is 0 Å². The zero-order valence-corrected chi connectivity index (χ0v) is 12.1. The van der Waals surface area contributed by atoms with Crippen LogP contribution in [0.25, 0.3) is 0 Å². The lowest BCUT2D eigenvalue weighted by Crippen LogP contribution is -2.50. The van der Waals surface area contributed by atoms with E-state index in [9.17, 15) is 4.39 Å². The molecule has 0 aliphatic carbocycles. The summed E-state index contributed by atoms with van der Waals surface area (Å²) in [6, 6.07) is 5.10. The second kappa shape index (κ2) is 6.67. The molecule has 6 heteroatoms. The van der Waals surface area contributed by atoms with Gasteiger partial charge in [-0.3, -0.25) is 4.90 Å². The topological polar surface area (TPSA) is 46.9 Å². The normalized spacial score (nSPS) is 21.1. The number of rotatable bonds is 4. The summed E-state index contributed by atoms with van der Waals surface area (Å²) in [4.78, 5) is 4.69. The average Bonchev–Trinajstić information content (AvgIpc) is 2.42. The van der Waals surface area contributed by atoms with Crippen molar-refractivity contribution in [3.63, 3.8) is 0 Å². The summed E-state index contributed by atoms with van der Waals surface area (Å²) in [5.74, 6) is -0.575. The molecular weight excluding hydrogens is 258 g/mol. The Hall–Kier alpha value is -0.945. The number of likely N-dealkylation sites (N-methyl/N-ethyl adjacent to an activating group) is 1. The monoisotopic (exact) mass is 280 g/mol. The van der Waals surface area contributed by atoms with Crippen LogP contribution in [0.2, 0.25) is 0 Å². The fourth-order valence-corrected chi connectivity index (χ4v) is 2.74. The second-order valence-corrected chi connectivity index (χ2v) is 5.51. The minimum absolute atomic E-state index is 0.0522. The summed E-state index contributed by atoms with van der Waals surface area (Å²) >= 11 is 0. The highest BCUT2D eigenvalue weighted by Crippen LogP contribution is 2.14. The van der Waals surface area contributed by atoms with E-state index < -0.39 is 12.9 Å². The minimum atomic E-state index is -1.76. The van der Waals surface area contributed by atoms with Crippen LogP contribution in [-0.4, -0.2) is 59.7 Å². The molecule has 2 N–H and O–H groups in total. The number of hydrogen-bond acceptors (Lipinski definition) is 4. The van der Waals surface area contributed by atoms with Crippen molar-refractivity contribution in [2.24, 2.45) is 0 Å². The molecule has 1 aliphatic heterocycles. The van der Waals surface area contributed by atoms with Crippen LogP contribution in [0, 0.1) is 5.82 Å². The molecule has 1 aliphatic rings. The lowest BCUT2D eigenvalue weighted by Gasteiger charge is -2.39. The Balaban J connectivity index is 2.05. The van der Waals surface area contributed by atoms with Crippen LogP contribution in [0.5, 0.6) is 0 Å². The molecule has 0 amide bonds. The SMILES string of the molecule is CCC1CN(Cc2ccc(F)c(B(O)O)c2)CCN1C. The van der Waals surface area contributed by atoms with E-state index in [0.717, 1.165) is 31.6 Å². The molecule has 1 unspecified atom stereocenters. The summed E-state index contributed by atoms with van der Waals surface area (Å²) in [6.45, 7) is 5.88. The molecular formula is C14H22BFN2O2. The van der Waals surface area contributed by atoms with Crippen molar-refractivity contribution in [2.45, 2.75) is 25.9 Å². The highest BCUT2D eigenvalue weighted by atomic mass is 19.1. The molecule has 1 saturated heterocycles. The van der Waals surface area contributed by atoms with E-state index >= 15 is 0 Å². The molecule has 1 heterocycles. The third kappa shape index (κ3) is 3.58. The highest BCUT2D eigenvalue weighted by molar-refractivity contribution is 6.58. The molecule has 0 spiro atoms. The fourth-order valence-electron chi connectivity index (χ4n) is 2.74. The molecule has 0 bridgehead atoms. The first-order valence-electron chi connectivity index (χ1n) is 7.08. The van der Waals surface area contributed by atoms with Crippen molar-refractivity contribution in [3.05, 3.63) is 29.6 Å². The van der Waals surface area contributed by atoms with Gasteiger partial charge in [-0.05, 0) is 25.1 Å². The zero-order chi connectivity index (χ0) is 14.7. The van der Waals surface area contributed by atoms with E-state index in [-0.39, 0.29) is 5.46 Å². The number of hydrogen-bond donors (Lipinski definition) is 2. The second-order valence-electron chi connectivity index (χ2n) is 5.51. The van der Waals surface area contributed by atoms with Gasteiger partial charge in [-0.2, -0.15) is 0 Å². The van der Waals surface area contributed by atoms with E-state index in [0.29, 0.717) is 12.6 Å². The van der Waals surface area contributed by atoms with Crippen molar-refractivity contribution in [3.8, 4) is 0 Å². The number of piperazine rings is 1. The summed E-state index contributed by atoms with van der Waals surface area (Å²) in [5.41, 5.74) is 0.859. The molecule has 20 heavy (non-hydrogen) atoms. The Labute approximate surface area is 120 Å². The fraction of sp³-hybridized carbons (Fsp3) is 0.571. The van der Waals surface area contributed by atoms with Gasteiger partial charge in [0, 0.05) is 37.7 Å². The van der Waals surface area contributed by atoms with Crippen molar-refractivity contribution < 1.29 is 14.4 Å². The van der Waals surface area contributed by atoms with Gasteiger partial charge in [-0.1, -0.05) is 19.1 Å². The number of halogens is 1. The summed E-state index contributed by atoms with van der Waals surface area (Å²) in [6.07, 6.45) is 1.11. The van der Waals surface area contributed by atoms with E-state index in [1.54, 1.807) is 12.1 Å². The van der Waals surface area contributed by atoms with Gasteiger partial charge >= 0.3 is 7.12 Å². The Morgan fingerprint density at radius 3 is 2.75 bits per heavy atom. The van der Waals surface area contributed by atoms with E-state index in [1.807, 2.05) is 0 Å². The average molecular weight is 280 g/mol. The molecule has 1 atom stereocenters. The highest BCUT2D eigenvalue weighted by Gasteiger charge is 2.23. The molecule has 0 radical (unpaired) electrons. The lowest BCUT2D eigenvalue weighted by atomic mass is 9.79. The number of nitrogens with zero attached hydrogens (tertiary/aromatic N) is 2. The Morgan fingerprint density at radius 2 is 2.10 bits per heavy atom. The first-order valence-corrected chi connectivity index (χ1v) is 7.08. The van der Waals surface area contributed by atoms with Gasteiger partial charge in [0.05, 0.1) is 0 Å². The predicted molar refractivity (Wildman–Crippen MR) is 78.2 cm³/mol. The van der Waals surface area contributed by atoms with Crippen LogP contribution >= 0.6 is 0 Å². The number of benzene rings is 1. The standard InChI is InChI=1S/C14H22BFN2O2/c1-3-12-10-18(7-6-17(12)2)9-11-4-5-14(16)13(8-11)15(19)20/h4-5,8,12,19-20H,3,6-7,9-10H2,1-2H3. The molecule has 0 aromatic heterocycles. The van der Waals surface area contributed by atoms with Crippen molar-refractivity contribution >= 4 is 12.6 Å². The molecule has 2 rings (SSSR count). The summed E-state index contributed by atoms with van der Waals surface area (Å²) < 4.78 is 13.4. The van der Waals surface area contributed by atoms with E-state index in [4.69, 9.17) is 10.0 Å². The summed E-state index contributed by atoms with van der Waals surface area (Å²) in [5, 5.41) is 18.3. The molecule has 1 fully saturated rings. The maximum Gasteiger partial charge on any atom is 0.491 e. The summed E-state index contributed by atoms with van der Waals surface area (Å²) in [7, 11) is 0.384. The van der Waals surface area contributed by atoms with E-state index in [2.05, 4.69) is 23.8 Å². The van der Waals surface area contributed by atoms with Gasteiger partial charge in [0.25, 0.3) is 0 Å². The molecule has 1 aromatic carbocycles. The van der Waals surface area contributed by atoms with Crippen molar-refractivity contribution in [1.29, 1.82) is 0 Å². The third-order valence-corrected chi connectivity index (χ3v) is 4.08. The quantitative estimate of drug-likeness (QED) is 0.764. The van der Waals surface area contributed by atoms with Gasteiger partial charge in [-0.15, -0.1) is 0 Å². The molecule has 4 nitrogen and oxygen atoms in total. The van der Waals surface area contributed by atoms with Gasteiger partial charge < -0.3 is 14.9 Å². The maximum absolute atomic E-state index is 13.4. The first-order chi connectivity index (χ1) is 9.51. The maximum atomic E-state index is 13.4. The Morgan fingerprint density at radius 1 is 1.35 bits per heavy atom. The van der Waals surface area contributed by atoms with Gasteiger partial charge in [0.15, 0.2) is 0 Å². The Kier molecular flexibility index (Phi) is 5.15. The molecule has 110 valence electrons. The van der Waals surface area contributed by atoms with Gasteiger partial charge in [-0.25, -0.2) is 4.39 Å².